The van der Waals surface area contributed by atoms with Crippen LogP contribution < -0.4 is 0 Å². The number of rotatable bonds is 7. The lowest BCUT2D eigenvalue weighted by Gasteiger charge is -2.24. The standard InChI is InChI=1S/C11H20O4/c1-4-6-7-11(14,8-9(3)12)10(13)15-5-2/h14H,4-8H2,1-3H3. The number of ether oxygens (including phenoxy) is 1. The van der Waals surface area contributed by atoms with Gasteiger partial charge in [0.05, 0.1) is 6.61 Å². The lowest BCUT2D eigenvalue weighted by Crippen LogP contribution is -2.41. The molecule has 0 bridgehead atoms. The van der Waals surface area contributed by atoms with Gasteiger partial charge in [0.2, 0.25) is 0 Å². The van der Waals surface area contributed by atoms with Crippen LogP contribution in [0.5, 0.6) is 0 Å². The van der Waals surface area contributed by atoms with Crippen molar-refractivity contribution in [2.75, 3.05) is 6.61 Å². The number of esters is 1. The number of unbranched alkanes of at least 4 members (excludes halogenated alkanes) is 1. The summed E-state index contributed by atoms with van der Waals surface area (Å²) in [7, 11) is 0. The summed E-state index contributed by atoms with van der Waals surface area (Å²) in [5.74, 6) is -0.893. The van der Waals surface area contributed by atoms with Crippen molar-refractivity contribution in [3.63, 3.8) is 0 Å². The van der Waals surface area contributed by atoms with Gasteiger partial charge in [-0.25, -0.2) is 4.79 Å². The van der Waals surface area contributed by atoms with Gasteiger partial charge in [-0.05, 0) is 20.3 Å². The second-order valence-corrected chi connectivity index (χ2v) is 3.73. The average molecular weight is 216 g/mol. The van der Waals surface area contributed by atoms with E-state index in [9.17, 15) is 14.7 Å². The summed E-state index contributed by atoms with van der Waals surface area (Å²) in [5.41, 5.74) is -1.63. The van der Waals surface area contributed by atoms with Crippen LogP contribution >= 0.6 is 0 Å². The summed E-state index contributed by atoms with van der Waals surface area (Å²) >= 11 is 0. The molecule has 0 aliphatic rings. The van der Waals surface area contributed by atoms with Crippen LogP contribution in [0.25, 0.3) is 0 Å². The SMILES string of the molecule is CCCCC(O)(CC(C)=O)C(=O)OCC. The molecule has 1 unspecified atom stereocenters. The molecule has 0 aromatic carbocycles. The van der Waals surface area contributed by atoms with Crippen LogP contribution in [0.15, 0.2) is 0 Å². The number of ketones is 1. The third-order valence-corrected chi connectivity index (χ3v) is 2.14. The molecular formula is C11H20O4. The van der Waals surface area contributed by atoms with E-state index in [-0.39, 0.29) is 25.2 Å². The Kier molecular flexibility index (Phi) is 6.17. The molecule has 0 radical (unpaired) electrons. The van der Waals surface area contributed by atoms with Gasteiger partial charge >= 0.3 is 5.97 Å². The summed E-state index contributed by atoms with van der Waals surface area (Å²) in [6.45, 7) is 5.20. The van der Waals surface area contributed by atoms with Crippen LogP contribution in [0.2, 0.25) is 0 Å². The van der Waals surface area contributed by atoms with E-state index in [4.69, 9.17) is 4.74 Å². The van der Waals surface area contributed by atoms with E-state index in [0.717, 1.165) is 6.42 Å². The maximum atomic E-state index is 11.5. The van der Waals surface area contributed by atoms with Gasteiger partial charge in [0.15, 0.2) is 5.60 Å². The lowest BCUT2D eigenvalue weighted by molar-refractivity contribution is -0.168. The van der Waals surface area contributed by atoms with Gasteiger partial charge < -0.3 is 9.84 Å². The number of hydrogen-bond acceptors (Lipinski definition) is 4. The summed E-state index contributed by atoms with van der Waals surface area (Å²) in [6.07, 6.45) is 1.68. The van der Waals surface area contributed by atoms with Crippen molar-refractivity contribution >= 4 is 11.8 Å². The second kappa shape index (κ2) is 6.56. The van der Waals surface area contributed by atoms with Crippen molar-refractivity contribution in [2.45, 2.75) is 52.1 Å². The minimum absolute atomic E-state index is 0.161. The highest BCUT2D eigenvalue weighted by molar-refractivity contribution is 5.87. The molecule has 0 heterocycles. The Morgan fingerprint density at radius 1 is 1.33 bits per heavy atom. The third kappa shape index (κ3) is 4.93. The Bertz CT molecular complexity index is 225. The first-order valence-electron chi connectivity index (χ1n) is 5.35. The zero-order chi connectivity index (χ0) is 11.9. The maximum absolute atomic E-state index is 11.5. The molecule has 1 atom stereocenters. The highest BCUT2D eigenvalue weighted by Crippen LogP contribution is 2.21. The van der Waals surface area contributed by atoms with Gasteiger partial charge in [-0.15, -0.1) is 0 Å². The molecule has 4 heteroatoms. The van der Waals surface area contributed by atoms with Crippen molar-refractivity contribution in [2.24, 2.45) is 0 Å². The molecule has 0 spiro atoms. The molecule has 0 amide bonds. The van der Waals surface area contributed by atoms with Crippen LogP contribution in [0.4, 0.5) is 0 Å². The molecule has 0 aliphatic heterocycles. The van der Waals surface area contributed by atoms with Crippen LogP contribution in [0, 0.1) is 0 Å². The van der Waals surface area contributed by atoms with E-state index in [1.165, 1.54) is 6.92 Å². The zero-order valence-corrected chi connectivity index (χ0v) is 9.71. The van der Waals surface area contributed by atoms with E-state index in [1.807, 2.05) is 6.92 Å². The summed E-state index contributed by atoms with van der Waals surface area (Å²) in [6, 6.07) is 0. The van der Waals surface area contributed by atoms with Crippen LogP contribution in [-0.4, -0.2) is 29.1 Å². The van der Waals surface area contributed by atoms with Gasteiger partial charge in [-0.2, -0.15) is 0 Å². The van der Waals surface area contributed by atoms with E-state index in [0.29, 0.717) is 6.42 Å². The van der Waals surface area contributed by atoms with Gasteiger partial charge in [-0.1, -0.05) is 19.8 Å². The van der Waals surface area contributed by atoms with Crippen molar-refractivity contribution in [1.29, 1.82) is 0 Å². The lowest BCUT2D eigenvalue weighted by atomic mass is 9.91. The fraction of sp³-hybridized carbons (Fsp3) is 0.818. The molecule has 15 heavy (non-hydrogen) atoms. The fourth-order valence-electron chi connectivity index (χ4n) is 1.41. The largest absolute Gasteiger partial charge is 0.464 e. The Morgan fingerprint density at radius 3 is 2.33 bits per heavy atom. The molecule has 0 aromatic heterocycles. The quantitative estimate of drug-likeness (QED) is 0.654. The molecule has 0 fully saturated rings. The molecular weight excluding hydrogens is 196 g/mol. The van der Waals surface area contributed by atoms with Gasteiger partial charge in [0, 0.05) is 6.42 Å². The first-order valence-corrected chi connectivity index (χ1v) is 5.35. The molecule has 0 aromatic rings. The van der Waals surface area contributed by atoms with Crippen molar-refractivity contribution in [1.82, 2.24) is 0 Å². The second-order valence-electron chi connectivity index (χ2n) is 3.73. The first kappa shape index (κ1) is 14.1. The Hall–Kier alpha value is -0.900. The predicted octanol–water partition coefficient (Wildman–Crippen LogP) is 1.45. The van der Waals surface area contributed by atoms with E-state index in [2.05, 4.69) is 0 Å². The molecule has 88 valence electrons. The van der Waals surface area contributed by atoms with Gasteiger partial charge in [0.1, 0.15) is 5.78 Å². The molecule has 0 saturated carbocycles. The maximum Gasteiger partial charge on any atom is 0.338 e. The Morgan fingerprint density at radius 2 is 1.93 bits per heavy atom. The Labute approximate surface area is 90.6 Å². The summed E-state index contributed by atoms with van der Waals surface area (Å²) in [4.78, 5) is 22.4. The average Bonchev–Trinajstić information content (AvgIpc) is 2.14. The van der Waals surface area contributed by atoms with Crippen LogP contribution in [0.1, 0.15) is 46.5 Å². The zero-order valence-electron chi connectivity index (χ0n) is 9.71. The van der Waals surface area contributed by atoms with Crippen molar-refractivity contribution in [3.8, 4) is 0 Å². The van der Waals surface area contributed by atoms with E-state index >= 15 is 0 Å². The normalized spacial score (nSPS) is 14.4. The number of carbonyl (C=O) groups is 2. The third-order valence-electron chi connectivity index (χ3n) is 2.14. The number of carbonyl (C=O) groups excluding carboxylic acids is 2. The van der Waals surface area contributed by atoms with Gasteiger partial charge in [-0.3, -0.25) is 4.79 Å². The van der Waals surface area contributed by atoms with Gasteiger partial charge in [0.25, 0.3) is 0 Å². The van der Waals surface area contributed by atoms with E-state index in [1.54, 1.807) is 6.92 Å². The van der Waals surface area contributed by atoms with Crippen LogP contribution in [-0.2, 0) is 14.3 Å². The molecule has 0 rings (SSSR count). The summed E-state index contributed by atoms with van der Waals surface area (Å²) in [5, 5.41) is 10.0. The molecule has 4 nitrogen and oxygen atoms in total. The number of hydrogen-bond donors (Lipinski definition) is 1. The number of Topliss-reactive ketones (excluding diaryl/α,β-unsaturated/α-hetero) is 1. The summed E-state index contributed by atoms with van der Waals surface area (Å²) < 4.78 is 4.76. The predicted molar refractivity (Wildman–Crippen MR) is 56.4 cm³/mol. The van der Waals surface area contributed by atoms with Crippen molar-refractivity contribution in [3.05, 3.63) is 0 Å². The molecule has 1 N–H and O–H groups in total. The van der Waals surface area contributed by atoms with E-state index < -0.39 is 11.6 Å². The van der Waals surface area contributed by atoms with Crippen molar-refractivity contribution < 1.29 is 19.4 Å². The minimum Gasteiger partial charge on any atom is -0.464 e. The topological polar surface area (TPSA) is 63.6 Å². The fourth-order valence-corrected chi connectivity index (χ4v) is 1.41. The Balaban J connectivity index is 4.52. The molecule has 0 aliphatic carbocycles. The number of aliphatic hydroxyl groups is 1. The highest BCUT2D eigenvalue weighted by Gasteiger charge is 2.37. The monoisotopic (exact) mass is 216 g/mol. The first-order chi connectivity index (χ1) is 6.96. The molecule has 0 saturated heterocycles. The highest BCUT2D eigenvalue weighted by atomic mass is 16.5. The smallest absolute Gasteiger partial charge is 0.338 e. The van der Waals surface area contributed by atoms with Crippen LogP contribution in [0.3, 0.4) is 0 Å². The minimum atomic E-state index is -1.63.